The van der Waals surface area contributed by atoms with E-state index in [-0.39, 0.29) is 11.9 Å². The molecule has 1 unspecified atom stereocenters. The molecule has 0 fully saturated rings. The number of nitrogens with zero attached hydrogens (tertiary/aromatic N) is 1. The molecule has 0 spiro atoms. The zero-order chi connectivity index (χ0) is 13.5. The number of hydrogen-bond acceptors (Lipinski definition) is 3. The van der Waals surface area contributed by atoms with Crippen LogP contribution in [0.5, 0.6) is 0 Å². The van der Waals surface area contributed by atoms with Gasteiger partial charge in [0.1, 0.15) is 0 Å². The molecule has 0 aliphatic carbocycles. The summed E-state index contributed by atoms with van der Waals surface area (Å²) in [7, 11) is 0. The topological polar surface area (TPSA) is 54.0 Å². The van der Waals surface area contributed by atoms with E-state index in [1.165, 1.54) is 0 Å². The third-order valence-electron chi connectivity index (χ3n) is 2.74. The molecule has 4 nitrogen and oxygen atoms in total. The van der Waals surface area contributed by atoms with Gasteiger partial charge in [-0.3, -0.25) is 0 Å². The van der Waals surface area contributed by atoms with Gasteiger partial charge in [-0.05, 0) is 5.56 Å². The maximum Gasteiger partial charge on any atom is 0.315 e. The monoisotopic (exact) mass is 275 g/mol. The van der Waals surface area contributed by atoms with Crippen molar-refractivity contribution in [2.75, 3.05) is 6.54 Å². The summed E-state index contributed by atoms with van der Waals surface area (Å²) in [6.45, 7) is 3.18. The molecule has 0 saturated carbocycles. The van der Waals surface area contributed by atoms with Crippen LogP contribution in [0.1, 0.15) is 23.4 Å². The highest BCUT2D eigenvalue weighted by Gasteiger charge is 2.09. The Balaban J connectivity index is 1.70. The van der Waals surface area contributed by atoms with Crippen molar-refractivity contribution >= 4 is 17.4 Å². The van der Waals surface area contributed by atoms with Crippen molar-refractivity contribution in [1.82, 2.24) is 15.6 Å². The third-order valence-corrected chi connectivity index (χ3v) is 3.74. The highest BCUT2D eigenvalue weighted by atomic mass is 32.1. The molecule has 1 heterocycles. The Morgan fingerprint density at radius 2 is 2.11 bits per heavy atom. The van der Waals surface area contributed by atoms with Crippen molar-refractivity contribution in [2.24, 2.45) is 0 Å². The summed E-state index contributed by atoms with van der Waals surface area (Å²) in [5, 5.41) is 8.68. The predicted molar refractivity (Wildman–Crippen MR) is 77.2 cm³/mol. The van der Waals surface area contributed by atoms with Crippen LogP contribution < -0.4 is 10.6 Å². The lowest BCUT2D eigenvalue weighted by Gasteiger charge is -2.11. The molecule has 1 aromatic heterocycles. The number of urea groups is 1. The van der Waals surface area contributed by atoms with Crippen LogP contribution in [0, 0.1) is 0 Å². The van der Waals surface area contributed by atoms with Crippen LogP contribution in [0.15, 0.2) is 41.9 Å². The first-order valence-electron chi connectivity index (χ1n) is 6.20. The predicted octanol–water partition coefficient (Wildman–Crippen LogP) is 2.75. The van der Waals surface area contributed by atoms with E-state index in [9.17, 15) is 4.79 Å². The van der Waals surface area contributed by atoms with Crippen molar-refractivity contribution in [3.05, 3.63) is 52.5 Å². The fourth-order valence-corrected chi connectivity index (χ4v) is 2.35. The van der Waals surface area contributed by atoms with Gasteiger partial charge in [-0.25, -0.2) is 9.78 Å². The Morgan fingerprint density at radius 3 is 2.79 bits per heavy atom. The van der Waals surface area contributed by atoms with E-state index < -0.39 is 0 Å². The van der Waals surface area contributed by atoms with Crippen LogP contribution in [0.4, 0.5) is 4.79 Å². The molecule has 100 valence electrons. The number of nitrogens with one attached hydrogen (secondary N) is 2. The second-order valence-corrected chi connectivity index (χ2v) is 5.25. The lowest BCUT2D eigenvalue weighted by atomic mass is 10.2. The number of aromatic nitrogens is 1. The quantitative estimate of drug-likeness (QED) is 0.881. The van der Waals surface area contributed by atoms with Crippen molar-refractivity contribution in [3.8, 4) is 0 Å². The third kappa shape index (κ3) is 4.37. The lowest BCUT2D eigenvalue weighted by molar-refractivity contribution is 0.240. The zero-order valence-corrected chi connectivity index (χ0v) is 11.6. The molecular weight excluding hydrogens is 258 g/mol. The van der Waals surface area contributed by atoms with Gasteiger partial charge in [-0.1, -0.05) is 37.3 Å². The first-order chi connectivity index (χ1) is 9.25. The number of hydrogen-bond donors (Lipinski definition) is 2. The molecule has 2 N–H and O–H groups in total. The number of rotatable bonds is 5. The Hall–Kier alpha value is -1.88. The normalized spacial score (nSPS) is 11.8. The summed E-state index contributed by atoms with van der Waals surface area (Å²) >= 11 is 1.61. The van der Waals surface area contributed by atoms with Gasteiger partial charge in [0.15, 0.2) is 0 Å². The summed E-state index contributed by atoms with van der Waals surface area (Å²) in [5.74, 6) is 0.238. The molecule has 1 atom stereocenters. The Bertz CT molecular complexity index is 499. The van der Waals surface area contributed by atoms with E-state index in [0.29, 0.717) is 13.1 Å². The molecule has 0 radical (unpaired) electrons. The highest BCUT2D eigenvalue weighted by Crippen LogP contribution is 2.16. The molecule has 2 amide bonds. The number of amides is 2. The van der Waals surface area contributed by atoms with E-state index >= 15 is 0 Å². The Labute approximate surface area is 116 Å². The van der Waals surface area contributed by atoms with Crippen molar-refractivity contribution < 1.29 is 4.79 Å². The van der Waals surface area contributed by atoms with Gasteiger partial charge < -0.3 is 10.6 Å². The van der Waals surface area contributed by atoms with Crippen molar-refractivity contribution in [3.63, 3.8) is 0 Å². The Kier molecular flexibility index (Phi) is 4.92. The molecule has 5 heteroatoms. The fourth-order valence-electron chi connectivity index (χ4n) is 1.65. The summed E-state index contributed by atoms with van der Waals surface area (Å²) in [6.07, 6.45) is 1.78. The minimum absolute atomic E-state index is 0.146. The van der Waals surface area contributed by atoms with Crippen LogP contribution >= 0.6 is 11.3 Å². The molecule has 0 bridgehead atoms. The van der Waals surface area contributed by atoms with Crippen LogP contribution in [-0.4, -0.2) is 17.6 Å². The molecule has 19 heavy (non-hydrogen) atoms. The van der Waals surface area contributed by atoms with Gasteiger partial charge in [-0.2, -0.15) is 0 Å². The lowest BCUT2D eigenvalue weighted by Crippen LogP contribution is -2.37. The molecular formula is C14H17N3OS. The average Bonchev–Trinajstić information content (AvgIpc) is 2.98. The second-order valence-electron chi connectivity index (χ2n) is 4.32. The van der Waals surface area contributed by atoms with Crippen LogP contribution in [0.25, 0.3) is 0 Å². The largest absolute Gasteiger partial charge is 0.337 e. The first kappa shape index (κ1) is 13.5. The molecule has 0 aliphatic heterocycles. The van der Waals surface area contributed by atoms with Gasteiger partial charge >= 0.3 is 6.03 Å². The van der Waals surface area contributed by atoms with E-state index in [1.807, 2.05) is 35.7 Å². The van der Waals surface area contributed by atoms with E-state index in [4.69, 9.17) is 0 Å². The molecule has 0 saturated heterocycles. The number of carbonyl (C=O) groups is 1. The standard InChI is InChI=1S/C14H17N3OS/c1-11(13-15-7-8-19-13)9-16-14(18)17-10-12-5-3-2-4-6-12/h2-8,11H,9-10H2,1H3,(H2,16,17,18). The summed E-state index contributed by atoms with van der Waals surface area (Å²) in [4.78, 5) is 15.9. The number of thiazole rings is 1. The SMILES string of the molecule is CC(CNC(=O)NCc1ccccc1)c1nccs1. The van der Waals surface area contributed by atoms with Crippen LogP contribution in [0.2, 0.25) is 0 Å². The minimum atomic E-state index is -0.146. The first-order valence-corrected chi connectivity index (χ1v) is 7.08. The molecule has 1 aromatic carbocycles. The molecule has 2 aromatic rings. The maximum absolute atomic E-state index is 11.7. The average molecular weight is 275 g/mol. The van der Waals surface area contributed by atoms with Crippen molar-refractivity contribution in [2.45, 2.75) is 19.4 Å². The summed E-state index contributed by atoms with van der Waals surface area (Å²) in [5.41, 5.74) is 1.09. The van der Waals surface area contributed by atoms with E-state index in [1.54, 1.807) is 17.5 Å². The minimum Gasteiger partial charge on any atom is -0.337 e. The van der Waals surface area contributed by atoms with E-state index in [0.717, 1.165) is 10.6 Å². The van der Waals surface area contributed by atoms with E-state index in [2.05, 4.69) is 22.5 Å². The molecule has 0 aliphatic rings. The second kappa shape index (κ2) is 6.89. The maximum atomic E-state index is 11.7. The van der Waals surface area contributed by atoms with Gasteiger partial charge in [0, 0.05) is 30.6 Å². The van der Waals surface area contributed by atoms with Gasteiger partial charge in [0.25, 0.3) is 0 Å². The van der Waals surface area contributed by atoms with Crippen molar-refractivity contribution in [1.29, 1.82) is 0 Å². The fraction of sp³-hybridized carbons (Fsp3) is 0.286. The van der Waals surface area contributed by atoms with Gasteiger partial charge in [0.05, 0.1) is 5.01 Å². The number of carbonyl (C=O) groups excluding carboxylic acids is 1. The Morgan fingerprint density at radius 1 is 1.32 bits per heavy atom. The molecule has 2 rings (SSSR count). The van der Waals surface area contributed by atoms with Gasteiger partial charge in [-0.15, -0.1) is 11.3 Å². The van der Waals surface area contributed by atoms with Crippen LogP contribution in [0.3, 0.4) is 0 Å². The summed E-state index contributed by atoms with van der Waals surface area (Å²) < 4.78 is 0. The highest BCUT2D eigenvalue weighted by molar-refractivity contribution is 7.09. The smallest absolute Gasteiger partial charge is 0.315 e. The van der Waals surface area contributed by atoms with Crippen LogP contribution in [-0.2, 0) is 6.54 Å². The summed E-state index contributed by atoms with van der Waals surface area (Å²) in [6, 6.07) is 9.70. The number of benzene rings is 1. The van der Waals surface area contributed by atoms with Gasteiger partial charge in [0.2, 0.25) is 0 Å². The zero-order valence-electron chi connectivity index (χ0n) is 10.8.